The second-order valence-electron chi connectivity index (χ2n) is 6.34. The third-order valence-corrected chi connectivity index (χ3v) is 6.25. The van der Waals surface area contributed by atoms with Crippen molar-refractivity contribution >= 4 is 21.9 Å². The van der Waals surface area contributed by atoms with Crippen LogP contribution in [0.4, 0.5) is 0 Å². The lowest BCUT2D eigenvalue weighted by molar-refractivity contribution is -0.140. The highest BCUT2D eigenvalue weighted by Gasteiger charge is 2.44. The van der Waals surface area contributed by atoms with Gasteiger partial charge in [-0.05, 0) is 37.9 Å². The SMILES string of the molecule is NCCCCCC(=O)NC1CC(C(=O)O)N(S(=O)(=O)c2ccccc2)C1. The summed E-state index contributed by atoms with van der Waals surface area (Å²) in [6, 6.07) is 6.00. The maximum Gasteiger partial charge on any atom is 0.322 e. The number of carbonyl (C=O) groups excluding carboxylic acids is 1. The van der Waals surface area contributed by atoms with E-state index in [0.717, 1.165) is 17.1 Å². The average molecular weight is 383 g/mol. The Hall–Kier alpha value is -1.97. The second kappa shape index (κ2) is 9.11. The molecule has 1 aromatic rings. The highest BCUT2D eigenvalue weighted by atomic mass is 32.2. The maximum absolute atomic E-state index is 12.8. The molecule has 2 unspecified atom stereocenters. The lowest BCUT2D eigenvalue weighted by Gasteiger charge is -2.20. The molecule has 9 heteroatoms. The third kappa shape index (κ3) is 5.03. The Bertz CT molecular complexity index is 723. The van der Waals surface area contributed by atoms with Gasteiger partial charge in [-0.25, -0.2) is 8.42 Å². The molecule has 26 heavy (non-hydrogen) atoms. The monoisotopic (exact) mass is 383 g/mol. The zero-order chi connectivity index (χ0) is 19.2. The number of benzene rings is 1. The maximum atomic E-state index is 12.8. The van der Waals surface area contributed by atoms with Crippen LogP contribution in [0, 0.1) is 0 Å². The van der Waals surface area contributed by atoms with Crippen LogP contribution in [0.15, 0.2) is 35.2 Å². The van der Waals surface area contributed by atoms with Gasteiger partial charge in [0, 0.05) is 19.0 Å². The van der Waals surface area contributed by atoms with E-state index >= 15 is 0 Å². The van der Waals surface area contributed by atoms with Crippen molar-refractivity contribution in [3.05, 3.63) is 30.3 Å². The van der Waals surface area contributed by atoms with Crippen molar-refractivity contribution in [2.24, 2.45) is 5.73 Å². The zero-order valence-electron chi connectivity index (χ0n) is 14.5. The number of nitrogens with zero attached hydrogens (tertiary/aromatic N) is 1. The first-order chi connectivity index (χ1) is 12.4. The summed E-state index contributed by atoms with van der Waals surface area (Å²) >= 11 is 0. The molecule has 0 spiro atoms. The van der Waals surface area contributed by atoms with Gasteiger partial charge in [0.15, 0.2) is 0 Å². The van der Waals surface area contributed by atoms with Gasteiger partial charge in [-0.15, -0.1) is 0 Å². The quantitative estimate of drug-likeness (QED) is 0.534. The Morgan fingerprint density at radius 1 is 1.19 bits per heavy atom. The summed E-state index contributed by atoms with van der Waals surface area (Å²) in [5.74, 6) is -1.42. The number of hydrogen-bond acceptors (Lipinski definition) is 5. The zero-order valence-corrected chi connectivity index (χ0v) is 15.3. The first kappa shape index (κ1) is 20.3. The lowest BCUT2D eigenvalue weighted by atomic mass is 10.1. The number of aliphatic carboxylic acids is 1. The summed E-state index contributed by atoms with van der Waals surface area (Å²) < 4.78 is 26.5. The molecule has 0 radical (unpaired) electrons. The van der Waals surface area contributed by atoms with Crippen LogP contribution in [0.1, 0.15) is 32.1 Å². The van der Waals surface area contributed by atoms with Crippen LogP contribution >= 0.6 is 0 Å². The number of hydrogen-bond donors (Lipinski definition) is 3. The number of nitrogens with one attached hydrogen (secondary N) is 1. The molecule has 8 nitrogen and oxygen atoms in total. The van der Waals surface area contributed by atoms with E-state index in [1.807, 2.05) is 0 Å². The van der Waals surface area contributed by atoms with Gasteiger partial charge in [0.25, 0.3) is 0 Å². The molecule has 0 aromatic heterocycles. The highest BCUT2D eigenvalue weighted by Crippen LogP contribution is 2.26. The topological polar surface area (TPSA) is 130 Å². The Morgan fingerprint density at radius 2 is 1.88 bits per heavy atom. The molecule has 1 aliphatic rings. The number of rotatable bonds is 9. The summed E-state index contributed by atoms with van der Waals surface area (Å²) in [5, 5.41) is 12.2. The van der Waals surface area contributed by atoms with E-state index in [4.69, 9.17) is 5.73 Å². The van der Waals surface area contributed by atoms with Crippen molar-refractivity contribution in [2.75, 3.05) is 13.1 Å². The van der Waals surface area contributed by atoms with Crippen molar-refractivity contribution in [2.45, 2.75) is 49.1 Å². The van der Waals surface area contributed by atoms with Crippen molar-refractivity contribution in [3.63, 3.8) is 0 Å². The second-order valence-corrected chi connectivity index (χ2v) is 8.23. The molecule has 0 aliphatic carbocycles. The van der Waals surface area contributed by atoms with Crippen molar-refractivity contribution in [3.8, 4) is 0 Å². The van der Waals surface area contributed by atoms with Crippen LogP contribution in [-0.4, -0.2) is 54.9 Å². The van der Waals surface area contributed by atoms with Crippen LogP contribution in [0.5, 0.6) is 0 Å². The predicted octanol–water partition coefficient (Wildman–Crippen LogP) is 0.538. The largest absolute Gasteiger partial charge is 0.480 e. The van der Waals surface area contributed by atoms with Gasteiger partial charge in [-0.3, -0.25) is 9.59 Å². The molecule has 2 atom stereocenters. The van der Waals surface area contributed by atoms with E-state index in [9.17, 15) is 23.1 Å². The number of carboxylic acid groups (broad SMARTS) is 1. The van der Waals surface area contributed by atoms with Crippen molar-refractivity contribution < 1.29 is 23.1 Å². The number of amides is 1. The van der Waals surface area contributed by atoms with Gasteiger partial charge >= 0.3 is 5.97 Å². The van der Waals surface area contributed by atoms with Gasteiger partial charge in [0.1, 0.15) is 6.04 Å². The van der Waals surface area contributed by atoms with E-state index in [-0.39, 0.29) is 23.8 Å². The van der Waals surface area contributed by atoms with E-state index in [1.54, 1.807) is 18.2 Å². The van der Waals surface area contributed by atoms with Crippen molar-refractivity contribution in [1.29, 1.82) is 0 Å². The minimum absolute atomic E-state index is 0.0417. The van der Waals surface area contributed by atoms with Crippen LogP contribution in [0.2, 0.25) is 0 Å². The van der Waals surface area contributed by atoms with Gasteiger partial charge in [-0.1, -0.05) is 24.6 Å². The summed E-state index contributed by atoms with van der Waals surface area (Å²) in [7, 11) is -3.94. The number of carbonyl (C=O) groups is 2. The smallest absolute Gasteiger partial charge is 0.322 e. The molecule has 1 aliphatic heterocycles. The molecular formula is C17H25N3O5S. The van der Waals surface area contributed by atoms with Gasteiger partial charge in [-0.2, -0.15) is 4.31 Å². The molecule has 1 amide bonds. The standard InChI is InChI=1S/C17H25N3O5S/c18-10-6-2-5-9-16(21)19-13-11-15(17(22)23)20(12-13)26(24,25)14-7-3-1-4-8-14/h1,3-4,7-8,13,15H,2,5-6,9-12,18H2,(H,19,21)(H,22,23). The number of nitrogens with two attached hydrogens (primary N) is 1. The van der Waals surface area contributed by atoms with Gasteiger partial charge in [0.2, 0.25) is 15.9 Å². The molecule has 1 fully saturated rings. The fraction of sp³-hybridized carbons (Fsp3) is 0.529. The number of sulfonamides is 1. The molecule has 1 heterocycles. The lowest BCUT2D eigenvalue weighted by Crippen LogP contribution is -2.41. The van der Waals surface area contributed by atoms with E-state index in [2.05, 4.69) is 5.32 Å². The average Bonchev–Trinajstić information content (AvgIpc) is 3.04. The Morgan fingerprint density at radius 3 is 2.50 bits per heavy atom. The number of unbranched alkanes of at least 4 members (excludes halogenated alkanes) is 2. The summed E-state index contributed by atoms with van der Waals surface area (Å²) in [6.45, 7) is 0.527. The molecule has 1 aromatic carbocycles. The Labute approximate surface area is 153 Å². The molecule has 2 rings (SSSR count). The van der Waals surface area contributed by atoms with E-state index in [1.165, 1.54) is 12.1 Å². The predicted molar refractivity (Wildman–Crippen MR) is 95.8 cm³/mol. The van der Waals surface area contributed by atoms with Crippen LogP contribution in [-0.2, 0) is 19.6 Å². The number of carboxylic acids is 1. The molecule has 0 saturated carbocycles. The Balaban J connectivity index is 2.04. The first-order valence-corrected chi connectivity index (χ1v) is 10.1. The highest BCUT2D eigenvalue weighted by molar-refractivity contribution is 7.89. The van der Waals surface area contributed by atoms with Crippen molar-refractivity contribution in [1.82, 2.24) is 9.62 Å². The van der Waals surface area contributed by atoms with Crippen LogP contribution < -0.4 is 11.1 Å². The molecule has 1 saturated heterocycles. The first-order valence-electron chi connectivity index (χ1n) is 8.65. The molecule has 144 valence electrons. The van der Waals surface area contributed by atoms with Gasteiger partial charge in [0.05, 0.1) is 4.90 Å². The molecule has 0 bridgehead atoms. The van der Waals surface area contributed by atoms with E-state index in [0.29, 0.717) is 19.4 Å². The summed E-state index contributed by atoms with van der Waals surface area (Å²) in [5.41, 5.74) is 5.41. The minimum Gasteiger partial charge on any atom is -0.480 e. The van der Waals surface area contributed by atoms with Gasteiger partial charge < -0.3 is 16.2 Å². The van der Waals surface area contributed by atoms with E-state index < -0.39 is 28.1 Å². The Kier molecular flexibility index (Phi) is 7.13. The normalized spacial score (nSPS) is 20.8. The van der Waals surface area contributed by atoms with Crippen LogP contribution in [0.25, 0.3) is 0 Å². The molecule has 4 N–H and O–H groups in total. The molecular weight excluding hydrogens is 358 g/mol. The third-order valence-electron chi connectivity index (χ3n) is 4.36. The summed E-state index contributed by atoms with van der Waals surface area (Å²) in [4.78, 5) is 23.6. The summed E-state index contributed by atoms with van der Waals surface area (Å²) in [6.07, 6.45) is 2.77. The van der Waals surface area contributed by atoms with Crippen LogP contribution in [0.3, 0.4) is 0 Å². The fourth-order valence-corrected chi connectivity index (χ4v) is 4.69. The minimum atomic E-state index is -3.94. The fourth-order valence-electron chi connectivity index (χ4n) is 3.03.